The van der Waals surface area contributed by atoms with Gasteiger partial charge in [-0.05, 0) is 0 Å². The van der Waals surface area contributed by atoms with Gasteiger partial charge in [-0.2, -0.15) is 0 Å². The number of carboxylic acid groups (broad SMARTS) is 1. The Morgan fingerprint density at radius 3 is 2.73 bits per heavy atom. The number of oxime groups is 1. The molecule has 0 fully saturated rings. The van der Waals surface area contributed by atoms with Crippen molar-refractivity contribution in [3.05, 3.63) is 0 Å². The van der Waals surface area contributed by atoms with Gasteiger partial charge in [-0.1, -0.05) is 5.16 Å². The van der Waals surface area contributed by atoms with Gasteiger partial charge in [-0.3, -0.25) is 4.79 Å². The lowest BCUT2D eigenvalue weighted by Gasteiger charge is -1.98. The highest BCUT2D eigenvalue weighted by atomic mass is 16.4. The predicted octanol–water partition coefficient (Wildman–Crippen LogP) is -1.20. The summed E-state index contributed by atoms with van der Waals surface area (Å²) >= 11 is 0. The van der Waals surface area contributed by atoms with Crippen molar-refractivity contribution < 1.29 is 15.1 Å². The van der Waals surface area contributed by atoms with Crippen LogP contribution in [0.3, 0.4) is 0 Å². The third-order valence-corrected chi connectivity index (χ3v) is 0.963. The van der Waals surface area contributed by atoms with Crippen LogP contribution in [0.2, 0.25) is 0 Å². The molecule has 0 spiro atoms. The summed E-state index contributed by atoms with van der Waals surface area (Å²) in [6.45, 7) is 0.279. The van der Waals surface area contributed by atoms with E-state index in [0.29, 0.717) is 13.0 Å². The van der Waals surface area contributed by atoms with E-state index in [1.165, 1.54) is 0 Å². The van der Waals surface area contributed by atoms with Crippen LogP contribution in [0, 0.1) is 0 Å². The topological polar surface area (TPSA) is 108 Å². The molecule has 0 aliphatic rings. The first-order chi connectivity index (χ1) is 5.16. The quantitative estimate of drug-likeness (QED) is 0.133. The second-order valence-corrected chi connectivity index (χ2v) is 1.91. The second-order valence-electron chi connectivity index (χ2n) is 1.91. The Morgan fingerprint density at radius 2 is 2.27 bits per heavy atom. The summed E-state index contributed by atoms with van der Waals surface area (Å²) in [5.74, 6) is -0.840. The Hall–Kier alpha value is -1.30. The van der Waals surface area contributed by atoms with Crippen LogP contribution < -0.4 is 11.1 Å². The Morgan fingerprint density at radius 1 is 1.64 bits per heavy atom. The maximum atomic E-state index is 9.94. The number of hydrogen-bond acceptors (Lipinski definition) is 4. The SMILES string of the molecule is N/C(CCNCC(=O)O)=N/O. The number of nitrogens with two attached hydrogens (primary N) is 1. The molecule has 0 heterocycles. The summed E-state index contributed by atoms with van der Waals surface area (Å²) in [4.78, 5) is 9.94. The molecule has 0 aromatic heterocycles. The predicted molar refractivity (Wildman–Crippen MR) is 38.5 cm³/mol. The van der Waals surface area contributed by atoms with Gasteiger partial charge >= 0.3 is 5.97 Å². The van der Waals surface area contributed by atoms with Crippen LogP contribution in [0.5, 0.6) is 0 Å². The zero-order valence-electron chi connectivity index (χ0n) is 5.95. The van der Waals surface area contributed by atoms with Gasteiger partial charge in [0.2, 0.25) is 0 Å². The van der Waals surface area contributed by atoms with Crippen LogP contribution in [-0.2, 0) is 4.79 Å². The van der Waals surface area contributed by atoms with E-state index in [2.05, 4.69) is 10.5 Å². The van der Waals surface area contributed by atoms with Gasteiger partial charge in [-0.15, -0.1) is 0 Å². The van der Waals surface area contributed by atoms with E-state index in [1.807, 2.05) is 0 Å². The molecule has 6 heteroatoms. The van der Waals surface area contributed by atoms with Crippen molar-refractivity contribution in [2.75, 3.05) is 13.1 Å². The Balaban J connectivity index is 3.21. The van der Waals surface area contributed by atoms with E-state index in [0.717, 1.165) is 0 Å². The molecule has 0 saturated heterocycles. The average molecular weight is 161 g/mol. The zero-order valence-corrected chi connectivity index (χ0v) is 5.95. The van der Waals surface area contributed by atoms with E-state index < -0.39 is 5.97 Å². The molecule has 64 valence electrons. The fraction of sp³-hybridized carbons (Fsp3) is 0.600. The van der Waals surface area contributed by atoms with Gasteiger partial charge in [0, 0.05) is 13.0 Å². The number of carboxylic acids is 1. The molecule has 0 atom stereocenters. The third kappa shape index (κ3) is 6.59. The standard InChI is InChI=1S/C5H11N3O3/c6-4(8-11)1-2-7-3-5(9)10/h7,11H,1-3H2,(H2,6,8)(H,9,10). The minimum Gasteiger partial charge on any atom is -0.480 e. The molecule has 11 heavy (non-hydrogen) atoms. The van der Waals surface area contributed by atoms with Gasteiger partial charge < -0.3 is 21.4 Å². The Labute approximate surface area is 63.7 Å². The lowest BCUT2D eigenvalue weighted by molar-refractivity contribution is -0.135. The highest BCUT2D eigenvalue weighted by Gasteiger charge is 1.95. The first kappa shape index (κ1) is 9.70. The monoisotopic (exact) mass is 161 g/mol. The molecule has 0 amide bonds. The number of amidine groups is 1. The van der Waals surface area contributed by atoms with Crippen LogP contribution in [0.4, 0.5) is 0 Å². The fourth-order valence-corrected chi connectivity index (χ4v) is 0.462. The molecular formula is C5H11N3O3. The highest BCUT2D eigenvalue weighted by Crippen LogP contribution is 1.75. The number of rotatable bonds is 5. The van der Waals surface area contributed by atoms with Crippen molar-refractivity contribution in [3.63, 3.8) is 0 Å². The molecule has 0 saturated carbocycles. The van der Waals surface area contributed by atoms with E-state index in [-0.39, 0.29) is 12.4 Å². The molecule has 0 rings (SSSR count). The van der Waals surface area contributed by atoms with Gasteiger partial charge in [0.05, 0.1) is 6.54 Å². The number of carbonyl (C=O) groups is 1. The zero-order chi connectivity index (χ0) is 8.69. The van der Waals surface area contributed by atoms with Gasteiger partial charge in [0.15, 0.2) is 0 Å². The molecule has 5 N–H and O–H groups in total. The summed E-state index contributed by atoms with van der Waals surface area (Å²) in [5, 5.41) is 21.5. The molecule has 6 nitrogen and oxygen atoms in total. The number of aliphatic carboxylic acids is 1. The molecule has 0 bridgehead atoms. The molecular weight excluding hydrogens is 150 g/mol. The Kier molecular flexibility index (Phi) is 4.83. The Bertz CT molecular complexity index is 157. The average Bonchev–Trinajstić information content (AvgIpc) is 1.97. The second kappa shape index (κ2) is 5.48. The molecule has 0 aliphatic heterocycles. The van der Waals surface area contributed by atoms with Gasteiger partial charge in [0.1, 0.15) is 5.84 Å². The normalized spacial score (nSPS) is 11.5. The summed E-state index contributed by atoms with van der Waals surface area (Å²) in [5.41, 5.74) is 5.10. The van der Waals surface area contributed by atoms with Crippen molar-refractivity contribution in [2.24, 2.45) is 10.9 Å². The molecule has 0 aromatic carbocycles. The highest BCUT2D eigenvalue weighted by molar-refractivity contribution is 5.79. The van der Waals surface area contributed by atoms with Crippen molar-refractivity contribution in [1.82, 2.24) is 5.32 Å². The lowest BCUT2D eigenvalue weighted by atomic mass is 10.4. The van der Waals surface area contributed by atoms with E-state index >= 15 is 0 Å². The van der Waals surface area contributed by atoms with E-state index in [1.54, 1.807) is 0 Å². The maximum absolute atomic E-state index is 9.94. The van der Waals surface area contributed by atoms with Crippen molar-refractivity contribution >= 4 is 11.8 Å². The van der Waals surface area contributed by atoms with Crippen LogP contribution in [0.15, 0.2) is 5.16 Å². The third-order valence-electron chi connectivity index (χ3n) is 0.963. The van der Waals surface area contributed by atoms with Crippen LogP contribution in [0.25, 0.3) is 0 Å². The molecule has 0 unspecified atom stereocenters. The number of nitrogens with zero attached hydrogens (tertiary/aromatic N) is 1. The molecule has 0 radical (unpaired) electrons. The summed E-state index contributed by atoms with van der Waals surface area (Å²) in [7, 11) is 0. The van der Waals surface area contributed by atoms with Crippen molar-refractivity contribution in [3.8, 4) is 0 Å². The minimum absolute atomic E-state index is 0.0860. The number of nitrogens with one attached hydrogen (secondary N) is 1. The summed E-state index contributed by atoms with van der Waals surface area (Å²) < 4.78 is 0. The van der Waals surface area contributed by atoms with Crippen molar-refractivity contribution in [2.45, 2.75) is 6.42 Å². The lowest BCUT2D eigenvalue weighted by Crippen LogP contribution is -2.26. The van der Waals surface area contributed by atoms with Gasteiger partial charge in [0.25, 0.3) is 0 Å². The first-order valence-corrected chi connectivity index (χ1v) is 3.05. The molecule has 0 aliphatic carbocycles. The number of hydrogen-bond donors (Lipinski definition) is 4. The largest absolute Gasteiger partial charge is 0.480 e. The summed E-state index contributed by atoms with van der Waals surface area (Å²) in [6.07, 6.45) is 0.337. The van der Waals surface area contributed by atoms with Crippen LogP contribution in [-0.4, -0.2) is 35.2 Å². The summed E-state index contributed by atoms with van der Waals surface area (Å²) in [6, 6.07) is 0. The van der Waals surface area contributed by atoms with E-state index in [4.69, 9.17) is 16.0 Å². The minimum atomic E-state index is -0.926. The molecule has 0 aromatic rings. The smallest absolute Gasteiger partial charge is 0.317 e. The first-order valence-electron chi connectivity index (χ1n) is 3.05. The fourth-order valence-electron chi connectivity index (χ4n) is 0.462. The van der Waals surface area contributed by atoms with Crippen LogP contribution >= 0.6 is 0 Å². The van der Waals surface area contributed by atoms with Crippen LogP contribution in [0.1, 0.15) is 6.42 Å². The maximum Gasteiger partial charge on any atom is 0.317 e. The van der Waals surface area contributed by atoms with E-state index in [9.17, 15) is 4.79 Å². The van der Waals surface area contributed by atoms with Crippen molar-refractivity contribution in [1.29, 1.82) is 0 Å². The van der Waals surface area contributed by atoms with Gasteiger partial charge in [-0.25, -0.2) is 0 Å².